The Morgan fingerprint density at radius 1 is 1.53 bits per heavy atom. The zero-order valence-electron chi connectivity index (χ0n) is 8.91. The molecule has 0 bridgehead atoms. The number of aromatic amines is 1. The standard InChI is InChI=1S/C11H14N4/c1-3-13-11(12-2)8-4-5-9-10(6-8)15-7-14-9/h4-7H,3H2,1-2H3,(H,12,13)(H,14,15). The average molecular weight is 202 g/mol. The summed E-state index contributed by atoms with van der Waals surface area (Å²) in [5, 5.41) is 3.22. The maximum Gasteiger partial charge on any atom is 0.128 e. The molecule has 0 fully saturated rings. The number of imidazole rings is 1. The summed E-state index contributed by atoms with van der Waals surface area (Å²) in [5.41, 5.74) is 3.09. The molecular formula is C11H14N4. The molecule has 0 unspecified atom stereocenters. The second-order valence-corrected chi connectivity index (χ2v) is 3.24. The lowest BCUT2D eigenvalue weighted by atomic mass is 10.2. The van der Waals surface area contributed by atoms with Crippen molar-refractivity contribution >= 4 is 16.9 Å². The topological polar surface area (TPSA) is 53.1 Å². The Labute approximate surface area is 88.4 Å². The number of aromatic nitrogens is 2. The fraction of sp³-hybridized carbons (Fsp3) is 0.273. The van der Waals surface area contributed by atoms with Crippen molar-refractivity contribution in [3.05, 3.63) is 30.1 Å². The third-order valence-corrected chi connectivity index (χ3v) is 2.26. The van der Waals surface area contributed by atoms with E-state index in [-0.39, 0.29) is 0 Å². The molecule has 2 rings (SSSR count). The zero-order chi connectivity index (χ0) is 10.7. The first-order valence-corrected chi connectivity index (χ1v) is 4.99. The first kappa shape index (κ1) is 9.71. The van der Waals surface area contributed by atoms with Crippen molar-refractivity contribution < 1.29 is 0 Å². The highest BCUT2D eigenvalue weighted by molar-refractivity contribution is 6.01. The molecular weight excluding hydrogens is 188 g/mol. The minimum absolute atomic E-state index is 0.869. The number of amidine groups is 1. The van der Waals surface area contributed by atoms with Crippen LogP contribution in [-0.4, -0.2) is 29.4 Å². The number of benzene rings is 1. The van der Waals surface area contributed by atoms with E-state index in [1.54, 1.807) is 13.4 Å². The Kier molecular flexibility index (Phi) is 2.67. The van der Waals surface area contributed by atoms with E-state index in [2.05, 4.69) is 27.2 Å². The van der Waals surface area contributed by atoms with Crippen molar-refractivity contribution in [1.82, 2.24) is 15.3 Å². The number of nitrogens with one attached hydrogen (secondary N) is 2. The number of rotatable bonds is 2. The summed E-state index contributed by atoms with van der Waals surface area (Å²) in [5.74, 6) is 0.911. The molecule has 0 saturated carbocycles. The van der Waals surface area contributed by atoms with E-state index < -0.39 is 0 Å². The van der Waals surface area contributed by atoms with Crippen LogP contribution in [0.4, 0.5) is 0 Å². The molecule has 0 radical (unpaired) electrons. The molecule has 0 atom stereocenters. The van der Waals surface area contributed by atoms with Gasteiger partial charge in [-0.05, 0) is 25.1 Å². The summed E-state index contributed by atoms with van der Waals surface area (Å²) in [6, 6.07) is 6.06. The Morgan fingerprint density at radius 3 is 3.13 bits per heavy atom. The molecule has 2 aromatic rings. The zero-order valence-corrected chi connectivity index (χ0v) is 8.91. The van der Waals surface area contributed by atoms with Gasteiger partial charge in [0, 0.05) is 19.2 Å². The Hall–Kier alpha value is -1.84. The van der Waals surface area contributed by atoms with Crippen LogP contribution in [0.25, 0.3) is 11.0 Å². The second kappa shape index (κ2) is 4.13. The fourth-order valence-electron chi connectivity index (χ4n) is 1.56. The highest BCUT2D eigenvalue weighted by Crippen LogP contribution is 2.11. The normalized spacial score (nSPS) is 12.0. The molecule has 0 aliphatic heterocycles. The van der Waals surface area contributed by atoms with E-state index in [1.165, 1.54) is 0 Å². The summed E-state index contributed by atoms with van der Waals surface area (Å²) >= 11 is 0. The number of hydrogen-bond donors (Lipinski definition) is 2. The third-order valence-electron chi connectivity index (χ3n) is 2.26. The predicted octanol–water partition coefficient (Wildman–Crippen LogP) is 1.55. The second-order valence-electron chi connectivity index (χ2n) is 3.24. The van der Waals surface area contributed by atoms with Gasteiger partial charge in [0.1, 0.15) is 5.84 Å². The van der Waals surface area contributed by atoms with Crippen molar-refractivity contribution in [2.75, 3.05) is 13.6 Å². The number of fused-ring (bicyclic) bond motifs is 1. The van der Waals surface area contributed by atoms with Gasteiger partial charge in [-0.1, -0.05) is 0 Å². The van der Waals surface area contributed by atoms with Crippen molar-refractivity contribution in [3.8, 4) is 0 Å². The highest BCUT2D eigenvalue weighted by Gasteiger charge is 2.03. The number of hydrogen-bond acceptors (Lipinski definition) is 2. The van der Waals surface area contributed by atoms with Crippen LogP contribution in [0, 0.1) is 0 Å². The molecule has 0 saturated heterocycles. The quantitative estimate of drug-likeness (QED) is 0.573. The minimum atomic E-state index is 0.869. The summed E-state index contributed by atoms with van der Waals surface area (Å²) in [6.45, 7) is 2.92. The molecule has 1 aromatic heterocycles. The van der Waals surface area contributed by atoms with Gasteiger partial charge in [0.2, 0.25) is 0 Å². The molecule has 2 N–H and O–H groups in total. The molecule has 0 aliphatic carbocycles. The predicted molar refractivity (Wildman–Crippen MR) is 62.2 cm³/mol. The van der Waals surface area contributed by atoms with Gasteiger partial charge in [0.25, 0.3) is 0 Å². The summed E-state index contributed by atoms with van der Waals surface area (Å²) < 4.78 is 0. The molecule has 0 amide bonds. The minimum Gasteiger partial charge on any atom is -0.370 e. The van der Waals surface area contributed by atoms with Crippen LogP contribution < -0.4 is 5.32 Å². The van der Waals surface area contributed by atoms with Crippen molar-refractivity contribution in [2.24, 2.45) is 4.99 Å². The van der Waals surface area contributed by atoms with Gasteiger partial charge < -0.3 is 10.3 Å². The lowest BCUT2D eigenvalue weighted by Gasteiger charge is -2.06. The van der Waals surface area contributed by atoms with Gasteiger partial charge in [-0.3, -0.25) is 4.99 Å². The van der Waals surface area contributed by atoms with Crippen LogP contribution in [0.5, 0.6) is 0 Å². The number of nitrogens with zero attached hydrogens (tertiary/aromatic N) is 2. The lowest BCUT2D eigenvalue weighted by Crippen LogP contribution is -2.23. The number of H-pyrrole nitrogens is 1. The highest BCUT2D eigenvalue weighted by atomic mass is 15.0. The smallest absolute Gasteiger partial charge is 0.128 e. The van der Waals surface area contributed by atoms with E-state index >= 15 is 0 Å². The van der Waals surface area contributed by atoms with Gasteiger partial charge in [-0.25, -0.2) is 4.98 Å². The molecule has 0 aliphatic rings. The van der Waals surface area contributed by atoms with Gasteiger partial charge in [0.05, 0.1) is 17.4 Å². The Morgan fingerprint density at radius 2 is 2.40 bits per heavy atom. The first-order chi connectivity index (χ1) is 7.35. The van der Waals surface area contributed by atoms with Gasteiger partial charge in [-0.15, -0.1) is 0 Å². The van der Waals surface area contributed by atoms with Crippen LogP contribution in [0.3, 0.4) is 0 Å². The van der Waals surface area contributed by atoms with Crippen LogP contribution in [0.15, 0.2) is 29.5 Å². The largest absolute Gasteiger partial charge is 0.370 e. The van der Waals surface area contributed by atoms with E-state index in [4.69, 9.17) is 0 Å². The maximum absolute atomic E-state index is 4.21. The molecule has 4 nitrogen and oxygen atoms in total. The molecule has 1 heterocycles. The molecule has 15 heavy (non-hydrogen) atoms. The Bertz CT molecular complexity index is 484. The first-order valence-electron chi connectivity index (χ1n) is 4.99. The van der Waals surface area contributed by atoms with E-state index in [9.17, 15) is 0 Å². The van der Waals surface area contributed by atoms with Gasteiger partial charge >= 0.3 is 0 Å². The Balaban J connectivity index is 2.42. The van der Waals surface area contributed by atoms with Crippen molar-refractivity contribution in [2.45, 2.75) is 6.92 Å². The van der Waals surface area contributed by atoms with Gasteiger partial charge in [0.15, 0.2) is 0 Å². The van der Waals surface area contributed by atoms with Gasteiger partial charge in [-0.2, -0.15) is 0 Å². The maximum atomic E-state index is 4.21. The molecule has 4 heteroatoms. The molecule has 1 aromatic carbocycles. The lowest BCUT2D eigenvalue weighted by molar-refractivity contribution is 0.962. The number of aliphatic imine (C=N–C) groups is 1. The van der Waals surface area contributed by atoms with Crippen LogP contribution >= 0.6 is 0 Å². The third kappa shape index (κ3) is 1.83. The summed E-state index contributed by atoms with van der Waals surface area (Å²) in [7, 11) is 1.79. The molecule has 78 valence electrons. The summed E-state index contributed by atoms with van der Waals surface area (Å²) in [4.78, 5) is 11.5. The monoisotopic (exact) mass is 202 g/mol. The SMILES string of the molecule is CCNC(=NC)c1ccc2nc[nH]c2c1. The van der Waals surface area contributed by atoms with Crippen molar-refractivity contribution in [1.29, 1.82) is 0 Å². The van der Waals surface area contributed by atoms with Crippen LogP contribution in [-0.2, 0) is 0 Å². The fourth-order valence-corrected chi connectivity index (χ4v) is 1.56. The average Bonchev–Trinajstić information content (AvgIpc) is 2.72. The van der Waals surface area contributed by atoms with E-state index in [1.807, 2.05) is 18.2 Å². The van der Waals surface area contributed by atoms with Crippen LogP contribution in [0.1, 0.15) is 12.5 Å². The van der Waals surface area contributed by atoms with Crippen molar-refractivity contribution in [3.63, 3.8) is 0 Å². The molecule has 0 spiro atoms. The van der Waals surface area contributed by atoms with E-state index in [0.29, 0.717) is 0 Å². The van der Waals surface area contributed by atoms with E-state index in [0.717, 1.165) is 29.0 Å². The van der Waals surface area contributed by atoms with Crippen LogP contribution in [0.2, 0.25) is 0 Å². The summed E-state index contributed by atoms with van der Waals surface area (Å²) in [6.07, 6.45) is 1.70.